The molecule has 0 bridgehead atoms. The van der Waals surface area contributed by atoms with Crippen molar-refractivity contribution in [3.05, 3.63) is 83.6 Å². The van der Waals surface area contributed by atoms with Crippen molar-refractivity contribution >= 4 is 89.3 Å². The van der Waals surface area contributed by atoms with Crippen LogP contribution in [0.3, 0.4) is 0 Å². The zero-order chi connectivity index (χ0) is 40.8. The molecule has 2 nitrogen and oxygen atoms in total. The molecule has 0 aromatic carbocycles. The average Bonchev–Trinajstić information content (AvgIpc) is 4.11. The fraction of sp³-hybridized carbons (Fsp3) is 0.480. The zero-order valence-corrected chi connectivity index (χ0v) is 45.3. The molecule has 0 amide bonds. The van der Waals surface area contributed by atoms with E-state index in [9.17, 15) is 0 Å². The van der Waals surface area contributed by atoms with E-state index in [0.29, 0.717) is 0 Å². The van der Waals surface area contributed by atoms with E-state index < -0.39 is 36.8 Å². The van der Waals surface area contributed by atoms with Crippen molar-refractivity contribution in [2.75, 3.05) is 0 Å². The van der Waals surface area contributed by atoms with Crippen molar-refractivity contribution in [2.24, 2.45) is 0 Å². The molecule has 310 valence electrons. The minimum absolute atomic E-state index is 1.13. The summed E-state index contributed by atoms with van der Waals surface area (Å²) in [5.41, 5.74) is 4.61. The fourth-order valence-corrected chi connectivity index (χ4v) is 44.5. The molecule has 0 spiro atoms. The van der Waals surface area contributed by atoms with Gasteiger partial charge in [0.1, 0.15) is 0 Å². The van der Waals surface area contributed by atoms with E-state index in [1.165, 1.54) is 144 Å². The Bertz CT molecular complexity index is 1900. The molecule has 0 unspecified atom stereocenters. The van der Waals surface area contributed by atoms with Gasteiger partial charge in [-0.1, -0.05) is 0 Å². The van der Waals surface area contributed by atoms with Gasteiger partial charge in [0.05, 0.1) is 0 Å². The Balaban J connectivity index is 1.61. The molecule has 6 rings (SSSR count). The summed E-state index contributed by atoms with van der Waals surface area (Å²) >= 11 is 1.74. The number of hydrogen-bond acceptors (Lipinski definition) is 6. The molecule has 0 aliphatic rings. The molecule has 8 heteroatoms. The number of hydrogen-bond donors (Lipinski definition) is 0. The summed E-state index contributed by atoms with van der Waals surface area (Å²) in [7, 11) is 0. The van der Waals surface area contributed by atoms with Crippen LogP contribution in [0.15, 0.2) is 83.6 Å². The first-order chi connectivity index (χ1) is 28.4. The number of rotatable bonds is 25. The minimum atomic E-state index is -2.89. The first-order valence-corrected chi connectivity index (χ1v) is 41.1. The summed E-state index contributed by atoms with van der Waals surface area (Å²) in [6.45, 7) is 14.4. The van der Waals surface area contributed by atoms with E-state index in [-0.39, 0.29) is 0 Å². The second kappa shape index (κ2) is 23.2. The van der Waals surface area contributed by atoms with Crippen LogP contribution in [-0.2, 0) is 0 Å². The van der Waals surface area contributed by atoms with Gasteiger partial charge in [0.2, 0.25) is 0 Å². The molecule has 6 aromatic rings. The maximum absolute atomic E-state index is 5.73. The van der Waals surface area contributed by atoms with Gasteiger partial charge < -0.3 is 0 Å². The zero-order valence-electron chi connectivity index (χ0n) is 36.3. The van der Waals surface area contributed by atoms with Crippen molar-refractivity contribution in [1.82, 2.24) is 9.97 Å². The summed E-state index contributed by atoms with van der Waals surface area (Å²) in [6.07, 6.45) is 15.8. The van der Waals surface area contributed by atoms with Crippen LogP contribution in [0.1, 0.15) is 119 Å². The quantitative estimate of drug-likeness (QED) is 0.0534. The molecule has 0 saturated carbocycles. The van der Waals surface area contributed by atoms with Crippen LogP contribution in [0.25, 0.3) is 52.0 Å². The number of pyridine rings is 2. The molecule has 0 fully saturated rings. The molecular weight excluding hydrogens is 994 g/mol. The Hall–Kier alpha value is -1.30. The Morgan fingerprint density at radius 3 is 0.983 bits per heavy atom. The third-order valence-corrected chi connectivity index (χ3v) is 47.9. The summed E-state index contributed by atoms with van der Waals surface area (Å²) in [5.74, 6) is 0. The van der Waals surface area contributed by atoms with Gasteiger partial charge in [-0.2, -0.15) is 0 Å². The Kier molecular flexibility index (Phi) is 18.5. The van der Waals surface area contributed by atoms with E-state index >= 15 is 0 Å². The predicted octanol–water partition coefficient (Wildman–Crippen LogP) is 17.2. The van der Waals surface area contributed by atoms with Crippen molar-refractivity contribution in [2.45, 2.75) is 145 Å². The van der Waals surface area contributed by atoms with E-state index in [0.717, 1.165) is 11.4 Å². The Morgan fingerprint density at radius 2 is 0.690 bits per heavy atom. The van der Waals surface area contributed by atoms with Crippen LogP contribution in [0.4, 0.5) is 0 Å². The van der Waals surface area contributed by atoms with Crippen LogP contribution in [0.2, 0.25) is 26.6 Å². The first kappa shape index (κ1) is 46.2. The van der Waals surface area contributed by atoms with Crippen LogP contribution in [0, 0.1) is 0 Å². The van der Waals surface area contributed by atoms with E-state index in [1.54, 1.807) is 7.16 Å². The second-order valence-corrected chi connectivity index (χ2v) is 47.3. The normalized spacial score (nSPS) is 12.2. The average molecular weight is 1060 g/mol. The van der Waals surface area contributed by atoms with Crippen molar-refractivity contribution in [3.63, 3.8) is 0 Å². The van der Waals surface area contributed by atoms with Crippen LogP contribution in [-0.4, -0.2) is 46.7 Å². The van der Waals surface area contributed by atoms with E-state index in [4.69, 9.17) is 9.97 Å². The molecule has 58 heavy (non-hydrogen) atoms. The Morgan fingerprint density at radius 1 is 0.379 bits per heavy atom. The Labute approximate surface area is 376 Å². The third kappa shape index (κ3) is 11.6. The molecule has 6 heterocycles. The summed E-state index contributed by atoms with van der Waals surface area (Å²) < 4.78 is 12.1. The summed E-state index contributed by atoms with van der Waals surface area (Å²) in [4.78, 5) is 19.4. The molecule has 0 N–H and O–H groups in total. The standard InChI is InChI=1S/C26H14N2S4.6C4H9.2Sn/c1-5-17(27-19(7-1)21-11-13-25(31-21)23-9-3-15-29-23)18-6-2-8-20(28-18)22-12-14-26(32-22)24-10-4-16-30-24;6*1-3-4-2;;/h3-16H;6*1,3-4H2,2H3;;. The molecular formula is C50H68N2S4Sn2. The monoisotopic (exact) mass is 1060 g/mol. The van der Waals surface area contributed by atoms with E-state index in [2.05, 4.69) is 125 Å². The van der Waals surface area contributed by atoms with Crippen LogP contribution < -0.4 is 7.16 Å². The van der Waals surface area contributed by atoms with Crippen LogP contribution in [0.5, 0.6) is 0 Å². The van der Waals surface area contributed by atoms with Crippen molar-refractivity contribution < 1.29 is 0 Å². The van der Waals surface area contributed by atoms with Gasteiger partial charge in [-0.3, -0.25) is 0 Å². The topological polar surface area (TPSA) is 25.8 Å². The predicted molar refractivity (Wildman–Crippen MR) is 270 cm³/mol. The molecule has 6 aromatic heterocycles. The second-order valence-electron chi connectivity index (χ2n) is 16.7. The summed E-state index contributed by atoms with van der Waals surface area (Å²) in [6, 6.07) is 28.7. The van der Waals surface area contributed by atoms with Gasteiger partial charge in [0, 0.05) is 0 Å². The van der Waals surface area contributed by atoms with Gasteiger partial charge in [0.25, 0.3) is 0 Å². The van der Waals surface area contributed by atoms with E-state index in [1.807, 2.05) is 45.3 Å². The molecule has 0 aliphatic carbocycles. The van der Waals surface area contributed by atoms with Crippen molar-refractivity contribution in [3.8, 4) is 52.0 Å². The number of nitrogens with zero attached hydrogens (tertiary/aromatic N) is 2. The first-order valence-electron chi connectivity index (χ1n) is 22.7. The maximum atomic E-state index is 5.73. The number of thiophene rings is 4. The SMILES string of the molecule is CCC[CH2][Sn]([CH2]CCC)([CH2]CCC)[c]1cc(-c2c[c]([Sn]([CH2]CCC)([CH2]CCC)[CH2]CCC)cc(-c3ccc(-c4cccs4)s3)n2)nc(-c2ccc(-c3cccs3)s2)c1. The molecule has 0 atom stereocenters. The number of aromatic nitrogens is 2. The van der Waals surface area contributed by atoms with Crippen LogP contribution >= 0.6 is 45.3 Å². The number of unbranched alkanes of at least 4 members (excludes halogenated alkanes) is 6. The molecule has 0 saturated heterocycles. The molecule has 0 radical (unpaired) electrons. The van der Waals surface area contributed by atoms with Gasteiger partial charge in [0.15, 0.2) is 0 Å². The van der Waals surface area contributed by atoms with Crippen molar-refractivity contribution in [1.29, 1.82) is 0 Å². The van der Waals surface area contributed by atoms with Gasteiger partial charge in [-0.05, 0) is 0 Å². The van der Waals surface area contributed by atoms with Gasteiger partial charge in [-0.25, -0.2) is 0 Å². The van der Waals surface area contributed by atoms with Gasteiger partial charge in [-0.15, -0.1) is 0 Å². The third-order valence-electron chi connectivity index (χ3n) is 12.4. The van der Waals surface area contributed by atoms with Gasteiger partial charge >= 0.3 is 380 Å². The fourth-order valence-electron chi connectivity index (χ4n) is 8.95. The molecule has 0 aliphatic heterocycles. The summed E-state index contributed by atoms with van der Waals surface area (Å²) in [5, 5.41) is 4.40.